The van der Waals surface area contributed by atoms with Crippen LogP contribution in [0.5, 0.6) is 0 Å². The number of aryl methyl sites for hydroxylation is 2. The fourth-order valence-corrected chi connectivity index (χ4v) is 3.72. The van der Waals surface area contributed by atoms with E-state index < -0.39 is 17.9 Å². The molecule has 8 heteroatoms. The Hall–Kier alpha value is -3.13. The topological polar surface area (TPSA) is 112 Å². The highest BCUT2D eigenvalue weighted by molar-refractivity contribution is 6.39. The van der Waals surface area contributed by atoms with Crippen molar-refractivity contribution in [3.8, 4) is 0 Å². The molecule has 3 amide bonds. The van der Waals surface area contributed by atoms with Crippen LogP contribution in [0.4, 0.5) is 11.4 Å². The second-order valence-corrected chi connectivity index (χ2v) is 7.07. The van der Waals surface area contributed by atoms with Gasteiger partial charge in [0, 0.05) is 18.7 Å². The summed E-state index contributed by atoms with van der Waals surface area (Å²) < 4.78 is 5.29. The minimum absolute atomic E-state index is 0.132. The van der Waals surface area contributed by atoms with Crippen LogP contribution in [0.25, 0.3) is 0 Å². The number of hydrogen-bond acceptors (Lipinski definition) is 5. The molecule has 0 fully saturated rings. The van der Waals surface area contributed by atoms with Crippen molar-refractivity contribution in [2.75, 3.05) is 23.3 Å². The van der Waals surface area contributed by atoms with Crippen molar-refractivity contribution >= 4 is 29.1 Å². The van der Waals surface area contributed by atoms with E-state index in [4.69, 9.17) is 4.42 Å². The van der Waals surface area contributed by atoms with Crippen LogP contribution >= 0.6 is 0 Å². The Labute approximate surface area is 161 Å². The molecule has 1 atom stereocenters. The Bertz CT molecular complexity index is 965. The van der Waals surface area contributed by atoms with E-state index >= 15 is 0 Å². The van der Waals surface area contributed by atoms with Crippen LogP contribution in [0.1, 0.15) is 35.2 Å². The quantitative estimate of drug-likeness (QED) is 0.687. The Kier molecular flexibility index (Phi) is 4.64. The number of rotatable bonds is 4. The first-order valence-corrected chi connectivity index (χ1v) is 9.22. The largest absolute Gasteiger partial charge is 0.464 e. The Morgan fingerprint density at radius 2 is 1.93 bits per heavy atom. The van der Waals surface area contributed by atoms with Gasteiger partial charge in [0.1, 0.15) is 17.6 Å². The zero-order chi connectivity index (χ0) is 19.8. The van der Waals surface area contributed by atoms with E-state index in [1.165, 1.54) is 0 Å². The number of furan rings is 1. The summed E-state index contributed by atoms with van der Waals surface area (Å²) in [6.45, 7) is 2.27. The maximum absolute atomic E-state index is 12.2. The number of anilines is 2. The highest BCUT2D eigenvalue weighted by Crippen LogP contribution is 2.38. The van der Waals surface area contributed by atoms with E-state index in [0.29, 0.717) is 36.6 Å². The van der Waals surface area contributed by atoms with Gasteiger partial charge in [0.05, 0.1) is 12.2 Å². The normalized spacial score (nSPS) is 15.9. The number of carbonyl (C=O) groups excluding carboxylic acids is 3. The third-order valence-electron chi connectivity index (χ3n) is 5.06. The van der Waals surface area contributed by atoms with Gasteiger partial charge in [-0.25, -0.2) is 0 Å². The van der Waals surface area contributed by atoms with Crippen LogP contribution in [0.15, 0.2) is 28.7 Å². The lowest BCUT2D eigenvalue weighted by Crippen LogP contribution is -2.37. The number of amides is 3. The maximum atomic E-state index is 12.2. The molecule has 3 heterocycles. The molecule has 0 spiro atoms. The molecule has 0 saturated carbocycles. The smallest absolute Gasteiger partial charge is 0.313 e. The second kappa shape index (κ2) is 7.12. The highest BCUT2D eigenvalue weighted by atomic mass is 16.4. The zero-order valence-electron chi connectivity index (χ0n) is 15.4. The minimum atomic E-state index is -1.03. The van der Waals surface area contributed by atoms with Crippen molar-refractivity contribution in [3.05, 3.63) is 46.9 Å². The van der Waals surface area contributed by atoms with Crippen LogP contribution in [-0.2, 0) is 27.2 Å². The predicted molar refractivity (Wildman–Crippen MR) is 101 cm³/mol. The SMILES string of the molecule is Cc1ccc(C(O)CNC(=O)C(=O)Nc2cc3c4c(c2)CCN4C(=O)CC3)o1. The molecule has 8 nitrogen and oxygen atoms in total. The second-order valence-electron chi connectivity index (χ2n) is 7.07. The first kappa shape index (κ1) is 18.2. The molecule has 2 aliphatic rings. The number of nitrogens with zero attached hydrogens (tertiary/aromatic N) is 1. The Morgan fingerprint density at radius 1 is 1.18 bits per heavy atom. The van der Waals surface area contributed by atoms with Gasteiger partial charge in [-0.15, -0.1) is 0 Å². The molecule has 0 saturated heterocycles. The molecule has 0 radical (unpaired) electrons. The molecule has 0 bridgehead atoms. The number of aliphatic hydroxyl groups excluding tert-OH is 1. The molecular formula is C20H21N3O5. The summed E-state index contributed by atoms with van der Waals surface area (Å²) in [4.78, 5) is 38.0. The number of aliphatic hydroxyl groups is 1. The first-order chi connectivity index (χ1) is 13.4. The van der Waals surface area contributed by atoms with Gasteiger partial charge in [-0.2, -0.15) is 0 Å². The van der Waals surface area contributed by atoms with Crippen LogP contribution in [-0.4, -0.2) is 35.9 Å². The summed E-state index contributed by atoms with van der Waals surface area (Å²) in [6.07, 6.45) is 0.786. The van der Waals surface area contributed by atoms with Gasteiger partial charge < -0.3 is 25.1 Å². The predicted octanol–water partition coefficient (Wildman–Crippen LogP) is 1.21. The highest BCUT2D eigenvalue weighted by Gasteiger charge is 2.31. The lowest BCUT2D eigenvalue weighted by atomic mass is 9.98. The number of nitrogens with one attached hydrogen (secondary N) is 2. The third kappa shape index (κ3) is 3.38. The van der Waals surface area contributed by atoms with Gasteiger partial charge in [-0.3, -0.25) is 14.4 Å². The number of hydrogen-bond donors (Lipinski definition) is 3. The van der Waals surface area contributed by atoms with Gasteiger partial charge in [0.25, 0.3) is 0 Å². The summed E-state index contributed by atoms with van der Waals surface area (Å²) in [5, 5.41) is 15.0. The average molecular weight is 383 g/mol. The van der Waals surface area contributed by atoms with Crippen molar-refractivity contribution in [2.45, 2.75) is 32.3 Å². The van der Waals surface area contributed by atoms with E-state index in [2.05, 4.69) is 10.6 Å². The lowest BCUT2D eigenvalue weighted by Gasteiger charge is -2.25. The van der Waals surface area contributed by atoms with E-state index in [9.17, 15) is 19.5 Å². The summed E-state index contributed by atoms with van der Waals surface area (Å²) in [6, 6.07) is 6.96. The van der Waals surface area contributed by atoms with E-state index in [1.54, 1.807) is 24.0 Å². The summed E-state index contributed by atoms with van der Waals surface area (Å²) in [5.41, 5.74) is 3.50. The Morgan fingerprint density at radius 3 is 2.64 bits per heavy atom. The zero-order valence-corrected chi connectivity index (χ0v) is 15.4. The standard InChI is InChI=1S/C20H21N3O5/c1-11-2-4-16(28-11)15(24)10-21-19(26)20(27)22-14-8-12-3-5-17(25)23-7-6-13(9-14)18(12)23/h2,4,8-9,15,24H,3,5-7,10H2,1H3,(H,21,26)(H,22,27). The average Bonchev–Trinajstić information content (AvgIpc) is 3.30. The van der Waals surface area contributed by atoms with Gasteiger partial charge in [0.2, 0.25) is 5.91 Å². The molecule has 0 aliphatic carbocycles. The van der Waals surface area contributed by atoms with Crippen LogP contribution in [0, 0.1) is 6.92 Å². The van der Waals surface area contributed by atoms with E-state index in [0.717, 1.165) is 23.2 Å². The fourth-order valence-electron chi connectivity index (χ4n) is 3.72. The maximum Gasteiger partial charge on any atom is 0.313 e. The van der Waals surface area contributed by atoms with Gasteiger partial charge in [-0.05, 0) is 55.2 Å². The van der Waals surface area contributed by atoms with E-state index in [-0.39, 0.29) is 12.5 Å². The van der Waals surface area contributed by atoms with Crippen molar-refractivity contribution in [1.29, 1.82) is 0 Å². The molecule has 3 N–H and O–H groups in total. The number of carbonyl (C=O) groups is 3. The summed E-state index contributed by atoms with van der Waals surface area (Å²) in [5.74, 6) is -0.535. The van der Waals surface area contributed by atoms with Crippen LogP contribution in [0.3, 0.4) is 0 Å². The summed E-state index contributed by atoms with van der Waals surface area (Å²) >= 11 is 0. The third-order valence-corrected chi connectivity index (χ3v) is 5.06. The molecule has 28 heavy (non-hydrogen) atoms. The van der Waals surface area contributed by atoms with Crippen LogP contribution < -0.4 is 15.5 Å². The fraction of sp³-hybridized carbons (Fsp3) is 0.350. The number of benzene rings is 1. The molecule has 146 valence electrons. The Balaban J connectivity index is 1.39. The van der Waals surface area contributed by atoms with Crippen molar-refractivity contribution in [3.63, 3.8) is 0 Å². The van der Waals surface area contributed by atoms with E-state index in [1.807, 2.05) is 12.1 Å². The molecule has 1 aromatic carbocycles. The van der Waals surface area contributed by atoms with Crippen LogP contribution in [0.2, 0.25) is 0 Å². The molecule has 2 aliphatic heterocycles. The molecule has 4 rings (SSSR count). The summed E-state index contributed by atoms with van der Waals surface area (Å²) in [7, 11) is 0. The minimum Gasteiger partial charge on any atom is -0.464 e. The molecule has 1 unspecified atom stereocenters. The van der Waals surface area contributed by atoms with Crippen molar-refractivity contribution in [1.82, 2.24) is 5.32 Å². The van der Waals surface area contributed by atoms with Gasteiger partial charge >= 0.3 is 11.8 Å². The molecule has 2 aromatic rings. The van der Waals surface area contributed by atoms with Crippen molar-refractivity contribution < 1.29 is 23.9 Å². The lowest BCUT2D eigenvalue weighted by molar-refractivity contribution is -0.136. The van der Waals surface area contributed by atoms with Gasteiger partial charge in [-0.1, -0.05) is 0 Å². The molecular weight excluding hydrogens is 362 g/mol. The monoisotopic (exact) mass is 383 g/mol. The molecule has 1 aromatic heterocycles. The van der Waals surface area contributed by atoms with Crippen molar-refractivity contribution in [2.24, 2.45) is 0 Å². The van der Waals surface area contributed by atoms with Gasteiger partial charge in [0.15, 0.2) is 0 Å². The first-order valence-electron chi connectivity index (χ1n) is 9.22.